The number of nitro benzene ring substituents is 1. The molecule has 1 N–H and O–H groups in total. The molecule has 0 bridgehead atoms. The summed E-state index contributed by atoms with van der Waals surface area (Å²) in [6.07, 6.45) is 2.43. The third-order valence-electron chi connectivity index (χ3n) is 3.59. The topological polar surface area (TPSA) is 67.6 Å². The number of hydrogen-bond donors (Lipinski definition) is 1. The Balaban J connectivity index is 2.01. The number of hydrogen-bond acceptors (Lipinski definition) is 5. The van der Waals surface area contributed by atoms with E-state index < -0.39 is 4.92 Å². The molecule has 110 valence electrons. The van der Waals surface area contributed by atoms with Crippen molar-refractivity contribution in [3.8, 4) is 5.75 Å². The van der Waals surface area contributed by atoms with Gasteiger partial charge in [-0.1, -0.05) is 6.07 Å². The fraction of sp³-hybridized carbons (Fsp3) is 0.571. The summed E-state index contributed by atoms with van der Waals surface area (Å²) in [7, 11) is 3.48. The highest BCUT2D eigenvalue weighted by molar-refractivity contribution is 5.48. The zero-order valence-corrected chi connectivity index (χ0v) is 12.0. The second-order valence-corrected chi connectivity index (χ2v) is 5.25. The molecular formula is C14H21N3O3. The zero-order valence-electron chi connectivity index (χ0n) is 12.0. The Hall–Kier alpha value is -1.66. The first-order valence-corrected chi connectivity index (χ1v) is 6.83. The number of benzene rings is 1. The lowest BCUT2D eigenvalue weighted by Crippen LogP contribution is -2.34. The minimum absolute atomic E-state index is 0.0254. The highest BCUT2D eigenvalue weighted by Gasteiger charge is 2.18. The van der Waals surface area contributed by atoms with E-state index in [9.17, 15) is 10.1 Å². The van der Waals surface area contributed by atoms with Gasteiger partial charge in [0.05, 0.1) is 12.0 Å². The molecule has 0 aromatic heterocycles. The Morgan fingerprint density at radius 1 is 1.55 bits per heavy atom. The smallest absolute Gasteiger partial charge is 0.311 e. The minimum atomic E-state index is -0.402. The van der Waals surface area contributed by atoms with Crippen molar-refractivity contribution in [2.75, 3.05) is 27.2 Å². The average molecular weight is 279 g/mol. The maximum atomic E-state index is 11.0. The lowest BCUT2D eigenvalue weighted by molar-refractivity contribution is -0.385. The van der Waals surface area contributed by atoms with E-state index in [1.54, 1.807) is 12.1 Å². The summed E-state index contributed by atoms with van der Waals surface area (Å²) in [5.41, 5.74) is 0.954. The van der Waals surface area contributed by atoms with E-state index in [-0.39, 0.29) is 5.69 Å². The van der Waals surface area contributed by atoms with E-state index in [0.717, 1.165) is 18.7 Å². The molecule has 0 aliphatic carbocycles. The molecule has 1 atom stereocenters. The molecular weight excluding hydrogens is 258 g/mol. The average Bonchev–Trinajstić information content (AvgIpc) is 2.91. The van der Waals surface area contributed by atoms with Gasteiger partial charge in [0.2, 0.25) is 0 Å². The summed E-state index contributed by atoms with van der Waals surface area (Å²) in [5.74, 6) is 0.305. The van der Waals surface area contributed by atoms with Gasteiger partial charge in [-0.25, -0.2) is 0 Å². The molecule has 6 heteroatoms. The van der Waals surface area contributed by atoms with Crippen molar-refractivity contribution in [1.82, 2.24) is 10.2 Å². The second-order valence-electron chi connectivity index (χ2n) is 5.25. The van der Waals surface area contributed by atoms with Crippen LogP contribution in [0, 0.1) is 10.1 Å². The summed E-state index contributed by atoms with van der Waals surface area (Å²) >= 11 is 0. The normalized spacial score (nSPS) is 18.4. The van der Waals surface area contributed by atoms with Crippen LogP contribution in [0.2, 0.25) is 0 Å². The highest BCUT2D eigenvalue weighted by atomic mass is 16.6. The van der Waals surface area contributed by atoms with E-state index in [2.05, 4.69) is 10.2 Å². The number of nitro groups is 1. The van der Waals surface area contributed by atoms with E-state index in [4.69, 9.17) is 4.74 Å². The van der Waals surface area contributed by atoms with Gasteiger partial charge >= 0.3 is 5.69 Å². The number of ether oxygens (including phenoxy) is 1. The predicted molar refractivity (Wildman–Crippen MR) is 77.0 cm³/mol. The fourth-order valence-corrected chi connectivity index (χ4v) is 2.64. The van der Waals surface area contributed by atoms with Gasteiger partial charge in [-0.2, -0.15) is 0 Å². The lowest BCUT2D eigenvalue weighted by Gasteiger charge is -2.21. The molecule has 1 aliphatic heterocycles. The van der Waals surface area contributed by atoms with Crippen LogP contribution in [-0.4, -0.2) is 43.1 Å². The third-order valence-corrected chi connectivity index (χ3v) is 3.59. The summed E-state index contributed by atoms with van der Waals surface area (Å²) in [6.45, 7) is 2.75. The Morgan fingerprint density at radius 2 is 2.35 bits per heavy atom. The Labute approximate surface area is 118 Å². The summed E-state index contributed by atoms with van der Waals surface area (Å²) in [4.78, 5) is 12.8. The quantitative estimate of drug-likeness (QED) is 0.635. The van der Waals surface area contributed by atoms with Gasteiger partial charge in [-0.3, -0.25) is 10.1 Å². The third kappa shape index (κ3) is 3.68. The van der Waals surface area contributed by atoms with Crippen LogP contribution in [0.25, 0.3) is 0 Å². The molecule has 1 aliphatic rings. The van der Waals surface area contributed by atoms with Gasteiger partial charge in [-0.15, -0.1) is 0 Å². The first-order valence-electron chi connectivity index (χ1n) is 6.83. The maximum absolute atomic E-state index is 11.0. The van der Waals surface area contributed by atoms with E-state index in [0.29, 0.717) is 18.3 Å². The van der Waals surface area contributed by atoms with Crippen molar-refractivity contribution in [1.29, 1.82) is 0 Å². The monoisotopic (exact) mass is 279 g/mol. The lowest BCUT2D eigenvalue weighted by atomic mass is 10.1. The molecule has 1 fully saturated rings. The highest BCUT2D eigenvalue weighted by Crippen LogP contribution is 2.27. The van der Waals surface area contributed by atoms with Crippen LogP contribution < -0.4 is 10.1 Å². The molecule has 1 heterocycles. The van der Waals surface area contributed by atoms with Crippen LogP contribution in [-0.2, 0) is 6.54 Å². The number of likely N-dealkylation sites (N-methyl/N-ethyl adjacent to an activating group) is 1. The van der Waals surface area contributed by atoms with Crippen LogP contribution in [0.5, 0.6) is 5.75 Å². The van der Waals surface area contributed by atoms with Crippen molar-refractivity contribution < 1.29 is 9.66 Å². The minimum Gasteiger partial charge on any atom is -0.490 e. The van der Waals surface area contributed by atoms with Gasteiger partial charge < -0.3 is 15.0 Å². The second kappa shape index (κ2) is 6.67. The Kier molecular flexibility index (Phi) is 4.92. The first-order chi connectivity index (χ1) is 9.60. The van der Waals surface area contributed by atoms with Crippen LogP contribution in [0.15, 0.2) is 18.2 Å². The van der Waals surface area contributed by atoms with Crippen molar-refractivity contribution in [2.45, 2.75) is 25.4 Å². The maximum Gasteiger partial charge on any atom is 0.311 e. The molecule has 1 saturated heterocycles. The van der Waals surface area contributed by atoms with Gasteiger partial charge in [0.1, 0.15) is 0 Å². The molecule has 6 nitrogen and oxygen atoms in total. The standard InChI is InChI=1S/C14H21N3O3/c1-16(10-12-4-3-7-15-12)9-11-5-6-14(20-2)13(8-11)17(18)19/h5-6,8,12,15H,3-4,7,9-10H2,1-2H3. The van der Waals surface area contributed by atoms with Crippen LogP contribution in [0.3, 0.4) is 0 Å². The van der Waals surface area contributed by atoms with Crippen LogP contribution in [0.1, 0.15) is 18.4 Å². The van der Waals surface area contributed by atoms with Crippen molar-refractivity contribution in [3.63, 3.8) is 0 Å². The number of nitrogens with zero attached hydrogens (tertiary/aromatic N) is 2. The molecule has 0 amide bonds. The van der Waals surface area contributed by atoms with Crippen molar-refractivity contribution >= 4 is 5.69 Å². The van der Waals surface area contributed by atoms with Crippen molar-refractivity contribution in [3.05, 3.63) is 33.9 Å². The van der Waals surface area contributed by atoms with E-state index in [1.165, 1.54) is 20.0 Å². The molecule has 1 aromatic rings. The van der Waals surface area contributed by atoms with Crippen LogP contribution in [0.4, 0.5) is 5.69 Å². The Morgan fingerprint density at radius 3 is 2.95 bits per heavy atom. The van der Waals surface area contributed by atoms with Gasteiger partial charge in [0.25, 0.3) is 0 Å². The molecule has 0 spiro atoms. The summed E-state index contributed by atoms with van der Waals surface area (Å²) < 4.78 is 5.01. The Bertz CT molecular complexity index is 473. The largest absolute Gasteiger partial charge is 0.490 e. The predicted octanol–water partition coefficient (Wildman–Crippen LogP) is 1.79. The molecule has 2 rings (SSSR count). The summed E-state index contributed by atoms with van der Waals surface area (Å²) in [5, 5.41) is 14.5. The van der Waals surface area contributed by atoms with E-state index in [1.807, 2.05) is 13.1 Å². The molecule has 0 radical (unpaired) electrons. The first kappa shape index (κ1) is 14.7. The van der Waals surface area contributed by atoms with Crippen molar-refractivity contribution in [2.24, 2.45) is 0 Å². The number of methoxy groups -OCH3 is 1. The van der Waals surface area contributed by atoms with Gasteiger partial charge in [0.15, 0.2) is 5.75 Å². The van der Waals surface area contributed by atoms with Crippen LogP contribution >= 0.6 is 0 Å². The van der Waals surface area contributed by atoms with Gasteiger partial charge in [0, 0.05) is 25.2 Å². The fourth-order valence-electron chi connectivity index (χ4n) is 2.64. The molecule has 20 heavy (non-hydrogen) atoms. The van der Waals surface area contributed by atoms with E-state index >= 15 is 0 Å². The summed E-state index contributed by atoms with van der Waals surface area (Å²) in [6, 6.07) is 5.67. The SMILES string of the molecule is COc1ccc(CN(C)CC2CCCN2)cc1[N+](=O)[O-]. The van der Waals surface area contributed by atoms with Gasteiger partial charge in [-0.05, 0) is 38.1 Å². The zero-order chi connectivity index (χ0) is 14.5. The molecule has 0 saturated carbocycles. The molecule has 1 aromatic carbocycles. The molecule has 1 unspecified atom stereocenters. The number of nitrogens with one attached hydrogen (secondary N) is 1. The number of rotatable bonds is 6.